The molecule has 2 aromatic rings. The van der Waals surface area contributed by atoms with Gasteiger partial charge < -0.3 is 19.5 Å². The second-order valence-electron chi connectivity index (χ2n) is 4.43. The average molecular weight is 294 g/mol. The summed E-state index contributed by atoms with van der Waals surface area (Å²) in [6.07, 6.45) is 6.29. The minimum absolute atomic E-state index is 0.537. The number of imidazole rings is 1. The highest BCUT2D eigenvalue weighted by Gasteiger charge is 2.08. The van der Waals surface area contributed by atoms with Crippen molar-refractivity contribution in [2.24, 2.45) is 0 Å². The first-order chi connectivity index (χ1) is 10.3. The van der Waals surface area contributed by atoms with E-state index in [1.54, 1.807) is 13.3 Å². The fraction of sp³-hybridized carbons (Fsp3) is 0.571. The third kappa shape index (κ3) is 4.57. The number of rotatable bonds is 10. The lowest BCUT2D eigenvalue weighted by Gasteiger charge is -2.09. The molecule has 0 aromatic carbocycles. The maximum atomic E-state index is 5.73. The zero-order valence-corrected chi connectivity index (χ0v) is 12.5. The van der Waals surface area contributed by atoms with E-state index in [1.165, 1.54) is 0 Å². The van der Waals surface area contributed by atoms with Crippen LogP contribution in [0.3, 0.4) is 0 Å². The van der Waals surface area contributed by atoms with E-state index in [1.807, 2.05) is 23.7 Å². The van der Waals surface area contributed by atoms with Crippen LogP contribution in [0.15, 0.2) is 18.6 Å². The number of hydrogen-bond donors (Lipinski definition) is 1. The summed E-state index contributed by atoms with van der Waals surface area (Å²) in [7, 11) is 1.66. The van der Waals surface area contributed by atoms with Gasteiger partial charge in [-0.05, 0) is 6.92 Å². The molecule has 0 saturated heterocycles. The van der Waals surface area contributed by atoms with E-state index in [0.717, 1.165) is 24.4 Å². The van der Waals surface area contributed by atoms with Crippen LogP contribution in [0.5, 0.6) is 5.88 Å². The maximum absolute atomic E-state index is 5.73. The van der Waals surface area contributed by atoms with Crippen molar-refractivity contribution in [3.63, 3.8) is 0 Å². The third-order valence-electron chi connectivity index (χ3n) is 2.80. The molecule has 0 unspecified atom stereocenters. The molecule has 116 valence electrons. The Morgan fingerprint density at radius 1 is 1.24 bits per heavy atom. The summed E-state index contributed by atoms with van der Waals surface area (Å²) in [5, 5.41) is 3.18. The quantitative estimate of drug-likeness (QED) is 0.671. The molecule has 0 radical (unpaired) electrons. The molecule has 7 heteroatoms. The molecule has 0 aliphatic heterocycles. The number of methoxy groups -OCH3 is 1. The average Bonchev–Trinajstić information content (AvgIpc) is 2.95. The number of hydrogen-bond acceptors (Lipinski definition) is 6. The Balaban J connectivity index is 1.87. The monoisotopic (exact) mass is 294 g/mol. The molecule has 7 nitrogen and oxygen atoms in total. The minimum Gasteiger partial charge on any atom is -0.475 e. The number of anilines is 1. The van der Waals surface area contributed by atoms with Crippen LogP contribution in [0.25, 0.3) is 5.65 Å². The standard InChI is InChI=1S/C14H22N4O3/c1-3-15-12-11-18-6-5-16-13(18)14(17-12)21-8-4-7-20-10-9-19-2/h5-6,11,15H,3-4,7-10H2,1-2H3. The Kier molecular flexibility index (Phi) is 6.23. The minimum atomic E-state index is 0.537. The first kappa shape index (κ1) is 15.5. The van der Waals surface area contributed by atoms with Gasteiger partial charge in [0.1, 0.15) is 5.82 Å². The van der Waals surface area contributed by atoms with E-state index in [4.69, 9.17) is 14.2 Å². The number of aromatic nitrogens is 3. The zero-order chi connectivity index (χ0) is 14.9. The van der Waals surface area contributed by atoms with Crippen molar-refractivity contribution in [1.82, 2.24) is 14.4 Å². The summed E-state index contributed by atoms with van der Waals surface area (Å²) in [5.41, 5.74) is 0.719. The molecular weight excluding hydrogens is 272 g/mol. The largest absolute Gasteiger partial charge is 0.475 e. The van der Waals surface area contributed by atoms with Crippen LogP contribution in [-0.2, 0) is 9.47 Å². The van der Waals surface area contributed by atoms with Crippen LogP contribution in [-0.4, -0.2) is 54.5 Å². The Bertz CT molecular complexity index is 544. The number of nitrogens with zero attached hydrogens (tertiary/aromatic N) is 3. The molecule has 0 fully saturated rings. The lowest BCUT2D eigenvalue weighted by molar-refractivity contribution is 0.0642. The Labute approximate surface area is 124 Å². The highest BCUT2D eigenvalue weighted by molar-refractivity contribution is 5.53. The van der Waals surface area contributed by atoms with Crippen LogP contribution in [0, 0.1) is 0 Å². The Hall–Kier alpha value is -1.86. The van der Waals surface area contributed by atoms with Gasteiger partial charge in [0.15, 0.2) is 0 Å². The van der Waals surface area contributed by atoms with Crippen molar-refractivity contribution >= 4 is 11.5 Å². The van der Waals surface area contributed by atoms with E-state index in [-0.39, 0.29) is 0 Å². The van der Waals surface area contributed by atoms with Crippen molar-refractivity contribution in [3.05, 3.63) is 18.6 Å². The lowest BCUT2D eigenvalue weighted by Crippen LogP contribution is -2.09. The second kappa shape index (κ2) is 8.43. The molecule has 0 bridgehead atoms. The van der Waals surface area contributed by atoms with Gasteiger partial charge in [0.05, 0.1) is 26.0 Å². The number of ether oxygens (including phenoxy) is 3. The highest BCUT2D eigenvalue weighted by atomic mass is 16.5. The van der Waals surface area contributed by atoms with Crippen molar-refractivity contribution in [1.29, 1.82) is 0 Å². The van der Waals surface area contributed by atoms with Crippen LogP contribution < -0.4 is 10.1 Å². The maximum Gasteiger partial charge on any atom is 0.260 e. The van der Waals surface area contributed by atoms with Gasteiger partial charge in [-0.15, -0.1) is 0 Å². The first-order valence-corrected chi connectivity index (χ1v) is 7.12. The summed E-state index contributed by atoms with van der Waals surface area (Å²) in [6.45, 7) is 5.23. The van der Waals surface area contributed by atoms with Gasteiger partial charge in [0.25, 0.3) is 5.88 Å². The highest BCUT2D eigenvalue weighted by Crippen LogP contribution is 2.18. The molecule has 2 heterocycles. The van der Waals surface area contributed by atoms with Crippen LogP contribution in [0.2, 0.25) is 0 Å². The fourth-order valence-corrected chi connectivity index (χ4v) is 1.84. The van der Waals surface area contributed by atoms with E-state index in [2.05, 4.69) is 15.3 Å². The molecule has 1 N–H and O–H groups in total. The van der Waals surface area contributed by atoms with Gasteiger partial charge in [-0.3, -0.25) is 4.40 Å². The molecular formula is C14H22N4O3. The van der Waals surface area contributed by atoms with Crippen molar-refractivity contribution < 1.29 is 14.2 Å². The van der Waals surface area contributed by atoms with Crippen LogP contribution in [0.4, 0.5) is 5.82 Å². The fourth-order valence-electron chi connectivity index (χ4n) is 1.84. The van der Waals surface area contributed by atoms with Gasteiger partial charge in [0, 0.05) is 39.1 Å². The molecule has 2 rings (SSSR count). The van der Waals surface area contributed by atoms with Gasteiger partial charge in [-0.2, -0.15) is 4.98 Å². The lowest BCUT2D eigenvalue weighted by atomic mass is 10.5. The molecule has 2 aromatic heterocycles. The van der Waals surface area contributed by atoms with E-state index in [9.17, 15) is 0 Å². The zero-order valence-electron chi connectivity index (χ0n) is 12.5. The summed E-state index contributed by atoms with van der Waals surface area (Å²) in [4.78, 5) is 8.69. The molecule has 0 aliphatic rings. The molecule has 0 amide bonds. The summed E-state index contributed by atoms with van der Waals surface area (Å²) in [5.74, 6) is 1.31. The van der Waals surface area contributed by atoms with Crippen LogP contribution in [0.1, 0.15) is 13.3 Å². The summed E-state index contributed by atoms with van der Waals surface area (Å²) < 4.78 is 17.9. The summed E-state index contributed by atoms with van der Waals surface area (Å²) in [6, 6.07) is 0. The van der Waals surface area contributed by atoms with Crippen molar-refractivity contribution in [2.75, 3.05) is 45.4 Å². The topological polar surface area (TPSA) is 69.9 Å². The normalized spacial score (nSPS) is 11.0. The van der Waals surface area contributed by atoms with Gasteiger partial charge in [-0.1, -0.05) is 0 Å². The number of nitrogens with one attached hydrogen (secondary N) is 1. The molecule has 0 saturated carbocycles. The molecule has 0 aliphatic carbocycles. The van der Waals surface area contributed by atoms with E-state index >= 15 is 0 Å². The second-order valence-corrected chi connectivity index (χ2v) is 4.43. The van der Waals surface area contributed by atoms with Crippen molar-refractivity contribution in [3.8, 4) is 5.88 Å². The van der Waals surface area contributed by atoms with Gasteiger partial charge in [0.2, 0.25) is 5.65 Å². The SMILES string of the molecule is CCNc1cn2ccnc2c(OCCCOCCOC)n1. The van der Waals surface area contributed by atoms with Crippen molar-refractivity contribution in [2.45, 2.75) is 13.3 Å². The van der Waals surface area contributed by atoms with E-state index < -0.39 is 0 Å². The first-order valence-electron chi connectivity index (χ1n) is 7.12. The smallest absolute Gasteiger partial charge is 0.260 e. The summed E-state index contributed by atoms with van der Waals surface area (Å²) >= 11 is 0. The van der Waals surface area contributed by atoms with Gasteiger partial charge >= 0.3 is 0 Å². The molecule has 21 heavy (non-hydrogen) atoms. The Morgan fingerprint density at radius 2 is 2.14 bits per heavy atom. The molecule has 0 spiro atoms. The predicted octanol–water partition coefficient (Wildman–Crippen LogP) is 1.59. The Morgan fingerprint density at radius 3 is 2.95 bits per heavy atom. The third-order valence-corrected chi connectivity index (χ3v) is 2.80. The van der Waals surface area contributed by atoms with Crippen LogP contribution >= 0.6 is 0 Å². The van der Waals surface area contributed by atoms with Gasteiger partial charge in [-0.25, -0.2) is 4.98 Å². The molecule has 0 atom stereocenters. The van der Waals surface area contributed by atoms with E-state index in [0.29, 0.717) is 32.3 Å². The number of fused-ring (bicyclic) bond motifs is 1. The predicted molar refractivity (Wildman–Crippen MR) is 80.0 cm³/mol.